The molecular formula is C24H25F5N4S. The predicted octanol–water partition coefficient (Wildman–Crippen LogP) is 6.19. The molecule has 0 spiro atoms. The van der Waals surface area contributed by atoms with Crippen molar-refractivity contribution in [2.75, 3.05) is 11.9 Å². The lowest BCUT2D eigenvalue weighted by Gasteiger charge is -2.29. The first kappa shape index (κ1) is 23.4. The third kappa shape index (κ3) is 5.49. The van der Waals surface area contributed by atoms with Crippen molar-refractivity contribution in [1.82, 2.24) is 15.3 Å². The molecule has 0 radical (unpaired) electrons. The molecule has 10 heteroatoms. The van der Waals surface area contributed by atoms with Gasteiger partial charge in [-0.15, -0.1) is 11.3 Å². The van der Waals surface area contributed by atoms with Crippen molar-refractivity contribution in [1.29, 1.82) is 0 Å². The van der Waals surface area contributed by atoms with Crippen LogP contribution in [-0.2, 0) is 6.42 Å². The van der Waals surface area contributed by atoms with Gasteiger partial charge in [-0.2, -0.15) is 13.2 Å². The predicted molar refractivity (Wildman–Crippen MR) is 122 cm³/mol. The minimum atomic E-state index is -4.25. The Morgan fingerprint density at radius 2 is 1.79 bits per heavy atom. The van der Waals surface area contributed by atoms with Crippen LogP contribution in [0, 0.1) is 17.6 Å². The molecule has 2 aliphatic rings. The summed E-state index contributed by atoms with van der Waals surface area (Å²) >= 11 is 1.06. The zero-order chi connectivity index (χ0) is 23.9. The summed E-state index contributed by atoms with van der Waals surface area (Å²) in [6.45, 7) is 0.890. The van der Waals surface area contributed by atoms with Crippen LogP contribution in [0.1, 0.15) is 48.5 Å². The fraction of sp³-hybridized carbons (Fsp3) is 0.500. The number of halogens is 5. The third-order valence-corrected chi connectivity index (χ3v) is 7.82. The number of thiophene rings is 1. The van der Waals surface area contributed by atoms with E-state index in [-0.39, 0.29) is 16.8 Å². The van der Waals surface area contributed by atoms with Gasteiger partial charge in [-0.1, -0.05) is 6.07 Å². The molecule has 1 aromatic carbocycles. The number of alkyl halides is 3. The molecule has 2 N–H and O–H groups in total. The lowest BCUT2D eigenvalue weighted by atomic mass is 9.86. The van der Waals surface area contributed by atoms with Crippen LogP contribution in [0.25, 0.3) is 10.2 Å². The molecule has 182 valence electrons. The van der Waals surface area contributed by atoms with Crippen LogP contribution in [-0.4, -0.2) is 34.8 Å². The molecule has 2 fully saturated rings. The van der Waals surface area contributed by atoms with Crippen LogP contribution >= 0.6 is 11.3 Å². The molecule has 0 aliphatic heterocycles. The Bertz CT molecular complexity index is 1160. The first-order chi connectivity index (χ1) is 16.2. The van der Waals surface area contributed by atoms with Gasteiger partial charge in [0.1, 0.15) is 17.0 Å². The Labute approximate surface area is 198 Å². The molecule has 0 unspecified atom stereocenters. The maximum atomic E-state index is 13.5. The molecule has 2 aliphatic carbocycles. The van der Waals surface area contributed by atoms with Crippen molar-refractivity contribution in [3.8, 4) is 0 Å². The van der Waals surface area contributed by atoms with Gasteiger partial charge in [0.05, 0.1) is 11.8 Å². The second-order valence-electron chi connectivity index (χ2n) is 9.34. The summed E-state index contributed by atoms with van der Waals surface area (Å²) in [6.07, 6.45) is 1.10. The molecule has 2 heterocycles. The number of hydrogen-bond donors (Lipinski definition) is 2. The monoisotopic (exact) mass is 496 g/mol. The van der Waals surface area contributed by atoms with E-state index in [9.17, 15) is 22.0 Å². The molecule has 0 saturated heterocycles. The molecule has 4 nitrogen and oxygen atoms in total. The maximum Gasteiger partial charge on any atom is 0.393 e. The molecule has 2 atom stereocenters. The molecule has 3 aromatic rings. The van der Waals surface area contributed by atoms with E-state index in [2.05, 4.69) is 20.6 Å². The minimum absolute atomic E-state index is 0.219. The summed E-state index contributed by atoms with van der Waals surface area (Å²) in [7, 11) is 0. The topological polar surface area (TPSA) is 49.8 Å². The fourth-order valence-electron chi connectivity index (χ4n) is 4.86. The van der Waals surface area contributed by atoms with Gasteiger partial charge in [0.15, 0.2) is 11.6 Å². The smallest absolute Gasteiger partial charge is 0.367 e. The first-order valence-electron chi connectivity index (χ1n) is 11.5. The summed E-state index contributed by atoms with van der Waals surface area (Å²) in [4.78, 5) is 9.22. The SMILES string of the molecule is Fc1ccc([C@@H]2C[C@H]2NCC2CCC(Nc3ncnc4sc(CC(F)(F)F)cc34)CC2)cc1F. The number of hydrogen-bond acceptors (Lipinski definition) is 5. The fourth-order valence-corrected chi connectivity index (χ4v) is 5.89. The van der Waals surface area contributed by atoms with Gasteiger partial charge in [-0.3, -0.25) is 0 Å². The molecule has 5 rings (SSSR count). The first-order valence-corrected chi connectivity index (χ1v) is 12.3. The van der Waals surface area contributed by atoms with Crippen molar-refractivity contribution in [2.45, 2.75) is 62.7 Å². The van der Waals surface area contributed by atoms with Gasteiger partial charge in [-0.05, 0) is 68.3 Å². The number of anilines is 1. The minimum Gasteiger partial charge on any atom is -0.367 e. The molecular weight excluding hydrogens is 471 g/mol. The number of rotatable bonds is 7. The van der Waals surface area contributed by atoms with Crippen LogP contribution in [0.5, 0.6) is 0 Å². The summed E-state index contributed by atoms with van der Waals surface area (Å²) in [6, 6.07) is 6.21. The zero-order valence-electron chi connectivity index (χ0n) is 18.3. The van der Waals surface area contributed by atoms with Crippen molar-refractivity contribution in [2.24, 2.45) is 5.92 Å². The molecule has 0 amide bonds. The standard InChI is InChI=1S/C24H25F5N4S/c25-19-6-3-14(7-20(19)26)17-9-21(17)30-11-13-1-4-15(5-2-13)33-22-18-8-16(10-24(27,28)29)34-23(18)32-12-31-22/h3,6-8,12-13,15,17,21,30H,1-2,4-5,9-11H2,(H,31,32,33)/t13?,15?,17-,21+/m0/s1. The second kappa shape index (κ2) is 9.37. The van der Waals surface area contributed by atoms with Crippen LogP contribution in [0.3, 0.4) is 0 Å². The summed E-state index contributed by atoms with van der Waals surface area (Å²) in [5.41, 5.74) is 0.840. The van der Waals surface area contributed by atoms with Crippen LogP contribution < -0.4 is 10.6 Å². The van der Waals surface area contributed by atoms with E-state index in [1.165, 1.54) is 18.5 Å². The molecule has 34 heavy (non-hydrogen) atoms. The quantitative estimate of drug-likeness (QED) is 0.383. The van der Waals surface area contributed by atoms with Gasteiger partial charge >= 0.3 is 6.18 Å². The van der Waals surface area contributed by atoms with Gasteiger partial charge in [0, 0.05) is 22.9 Å². The third-order valence-electron chi connectivity index (χ3n) is 6.77. The Morgan fingerprint density at radius 3 is 2.53 bits per heavy atom. The van der Waals surface area contributed by atoms with Crippen molar-refractivity contribution >= 4 is 27.4 Å². The van der Waals surface area contributed by atoms with E-state index >= 15 is 0 Å². The van der Waals surface area contributed by atoms with Crippen LogP contribution in [0.2, 0.25) is 0 Å². The van der Waals surface area contributed by atoms with E-state index in [0.717, 1.165) is 55.5 Å². The maximum absolute atomic E-state index is 13.5. The Kier molecular flexibility index (Phi) is 6.45. The van der Waals surface area contributed by atoms with E-state index in [1.54, 1.807) is 12.1 Å². The summed E-state index contributed by atoms with van der Waals surface area (Å²) in [5.74, 6) is -0.240. The van der Waals surface area contributed by atoms with Gasteiger partial charge in [0.2, 0.25) is 0 Å². The zero-order valence-corrected chi connectivity index (χ0v) is 19.2. The molecule has 2 saturated carbocycles. The van der Waals surface area contributed by atoms with Gasteiger partial charge in [0.25, 0.3) is 0 Å². The average molecular weight is 497 g/mol. The number of aromatic nitrogens is 2. The number of nitrogens with zero attached hydrogens (tertiary/aromatic N) is 2. The molecule has 2 aromatic heterocycles. The van der Waals surface area contributed by atoms with Crippen molar-refractivity contribution in [3.05, 3.63) is 52.7 Å². The Hall–Kier alpha value is -2.33. The Morgan fingerprint density at radius 1 is 1.00 bits per heavy atom. The highest BCUT2D eigenvalue weighted by Crippen LogP contribution is 2.41. The number of benzene rings is 1. The highest BCUT2D eigenvalue weighted by Gasteiger charge is 2.38. The van der Waals surface area contributed by atoms with E-state index < -0.39 is 24.2 Å². The number of fused-ring (bicyclic) bond motifs is 1. The lowest BCUT2D eigenvalue weighted by molar-refractivity contribution is -0.126. The summed E-state index contributed by atoms with van der Waals surface area (Å²) < 4.78 is 64.9. The highest BCUT2D eigenvalue weighted by molar-refractivity contribution is 7.18. The molecule has 0 bridgehead atoms. The van der Waals surface area contributed by atoms with Gasteiger partial charge < -0.3 is 10.6 Å². The van der Waals surface area contributed by atoms with Gasteiger partial charge in [-0.25, -0.2) is 18.7 Å². The second-order valence-corrected chi connectivity index (χ2v) is 10.5. The van der Waals surface area contributed by atoms with E-state index in [1.807, 2.05) is 0 Å². The Balaban J connectivity index is 1.10. The lowest BCUT2D eigenvalue weighted by Crippen LogP contribution is -2.32. The summed E-state index contributed by atoms with van der Waals surface area (Å²) in [5, 5.41) is 7.64. The van der Waals surface area contributed by atoms with Crippen LogP contribution in [0.4, 0.5) is 27.8 Å². The van der Waals surface area contributed by atoms with E-state index in [0.29, 0.717) is 28.0 Å². The normalized spacial score (nSPS) is 25.0. The number of nitrogens with one attached hydrogen (secondary N) is 2. The van der Waals surface area contributed by atoms with Crippen molar-refractivity contribution in [3.63, 3.8) is 0 Å². The van der Waals surface area contributed by atoms with E-state index in [4.69, 9.17) is 0 Å². The van der Waals surface area contributed by atoms with Crippen LogP contribution in [0.15, 0.2) is 30.6 Å². The largest absolute Gasteiger partial charge is 0.393 e. The highest BCUT2D eigenvalue weighted by atomic mass is 32.1. The van der Waals surface area contributed by atoms with Crippen molar-refractivity contribution < 1.29 is 22.0 Å². The average Bonchev–Trinajstić information content (AvgIpc) is 3.45.